The molecule has 0 saturated carbocycles. The minimum absolute atomic E-state index is 0.0100. The quantitative estimate of drug-likeness (QED) is 0.847. The van der Waals surface area contributed by atoms with Crippen LogP contribution >= 0.6 is 0 Å². The Morgan fingerprint density at radius 2 is 1.89 bits per heavy atom. The largest absolute Gasteiger partial charge is 0.407 e. The van der Waals surface area contributed by atoms with Crippen LogP contribution in [-0.4, -0.2) is 25.4 Å². The molecule has 18 heavy (non-hydrogen) atoms. The summed E-state index contributed by atoms with van der Waals surface area (Å²) in [5.41, 5.74) is 0.0100. The number of rotatable bonds is 3. The van der Waals surface area contributed by atoms with Crippen LogP contribution < -0.4 is 5.32 Å². The van der Waals surface area contributed by atoms with Crippen molar-refractivity contribution in [3.05, 3.63) is 35.6 Å². The molecule has 1 aromatic rings. The lowest BCUT2D eigenvalue weighted by molar-refractivity contribution is -0.159. The highest BCUT2D eigenvalue weighted by atomic mass is 19.4. The summed E-state index contributed by atoms with van der Waals surface area (Å²) in [7, 11) is 0. The fourth-order valence-electron chi connectivity index (χ4n) is 1.94. The summed E-state index contributed by atoms with van der Waals surface area (Å²) in [6, 6.07) is 2.25. The topological polar surface area (TPSA) is 21.3 Å². The van der Waals surface area contributed by atoms with Gasteiger partial charge in [0.05, 0.1) is 6.61 Å². The van der Waals surface area contributed by atoms with Crippen LogP contribution in [0.25, 0.3) is 0 Å². The van der Waals surface area contributed by atoms with E-state index in [1.165, 1.54) is 0 Å². The number of hydrogen-bond donors (Lipinski definition) is 1. The molecule has 1 N–H and O–H groups in total. The summed E-state index contributed by atoms with van der Waals surface area (Å²) in [6.45, 7) is 0.736. The van der Waals surface area contributed by atoms with Gasteiger partial charge in [-0.25, -0.2) is 4.39 Å². The number of nitrogens with one attached hydrogen (secondary N) is 1. The van der Waals surface area contributed by atoms with Gasteiger partial charge in [0, 0.05) is 12.6 Å². The van der Waals surface area contributed by atoms with Crippen LogP contribution in [0.15, 0.2) is 24.3 Å². The summed E-state index contributed by atoms with van der Waals surface area (Å²) in [4.78, 5) is 0. The highest BCUT2D eigenvalue weighted by Crippen LogP contribution is 2.33. The zero-order valence-corrected chi connectivity index (χ0v) is 9.51. The van der Waals surface area contributed by atoms with Gasteiger partial charge in [-0.1, -0.05) is 12.1 Å². The van der Waals surface area contributed by atoms with Gasteiger partial charge in [-0.05, 0) is 24.1 Å². The first-order chi connectivity index (χ1) is 8.47. The maximum atomic E-state index is 13.0. The van der Waals surface area contributed by atoms with Crippen molar-refractivity contribution in [2.24, 2.45) is 0 Å². The van der Waals surface area contributed by atoms with Crippen molar-refractivity contribution in [2.75, 3.05) is 13.2 Å². The Morgan fingerprint density at radius 3 is 2.39 bits per heavy atom. The minimum atomic E-state index is -4.42. The molecule has 0 amide bonds. The van der Waals surface area contributed by atoms with E-state index >= 15 is 0 Å². The molecule has 1 saturated heterocycles. The van der Waals surface area contributed by atoms with Crippen molar-refractivity contribution in [3.8, 4) is 0 Å². The lowest BCUT2D eigenvalue weighted by Crippen LogP contribution is -2.41. The Hall–Kier alpha value is -1.14. The second kappa shape index (κ2) is 5.24. The van der Waals surface area contributed by atoms with E-state index in [0.29, 0.717) is 13.0 Å². The molecule has 2 nitrogen and oxygen atoms in total. The molecule has 0 spiro atoms. The van der Waals surface area contributed by atoms with E-state index in [-0.39, 0.29) is 18.2 Å². The van der Waals surface area contributed by atoms with Crippen molar-refractivity contribution in [3.63, 3.8) is 0 Å². The van der Waals surface area contributed by atoms with Gasteiger partial charge >= 0.3 is 6.18 Å². The van der Waals surface area contributed by atoms with E-state index in [2.05, 4.69) is 5.32 Å². The first-order valence-electron chi connectivity index (χ1n) is 5.63. The van der Waals surface area contributed by atoms with E-state index in [1.807, 2.05) is 0 Å². The fraction of sp³-hybridized carbons (Fsp3) is 0.500. The predicted octanol–water partition coefficient (Wildman–Crippen LogP) is 2.81. The lowest BCUT2D eigenvalue weighted by atomic mass is 10.0. The number of benzene rings is 1. The molecule has 1 aliphatic heterocycles. The average molecular weight is 263 g/mol. The van der Waals surface area contributed by atoms with Gasteiger partial charge < -0.3 is 4.74 Å². The van der Waals surface area contributed by atoms with Gasteiger partial charge in [-0.15, -0.1) is 0 Å². The summed E-state index contributed by atoms with van der Waals surface area (Å²) in [6.07, 6.45) is -3.87. The Kier molecular flexibility index (Phi) is 3.87. The molecule has 1 aromatic carbocycles. The summed E-state index contributed by atoms with van der Waals surface area (Å²) in [5, 5.41) is 2.52. The fourth-order valence-corrected chi connectivity index (χ4v) is 1.94. The number of ether oxygens (including phenoxy) is 1. The SMILES string of the molecule is Fc1ccc([C@@H](N[C@H]2CCOC2)C(F)(F)F)cc1. The summed E-state index contributed by atoms with van der Waals surface area (Å²) >= 11 is 0. The van der Waals surface area contributed by atoms with Crippen molar-refractivity contribution in [1.29, 1.82) is 0 Å². The maximum absolute atomic E-state index is 13.0. The minimum Gasteiger partial charge on any atom is -0.380 e. The molecule has 2 rings (SSSR count). The molecule has 0 radical (unpaired) electrons. The third-order valence-corrected chi connectivity index (χ3v) is 2.86. The molecule has 0 aliphatic carbocycles. The van der Waals surface area contributed by atoms with Gasteiger partial charge in [0.2, 0.25) is 0 Å². The lowest BCUT2D eigenvalue weighted by Gasteiger charge is -2.25. The Labute approximate surface area is 102 Å². The normalized spacial score (nSPS) is 22.1. The second-order valence-electron chi connectivity index (χ2n) is 4.25. The molecule has 100 valence electrons. The van der Waals surface area contributed by atoms with E-state index in [0.717, 1.165) is 24.3 Å². The first kappa shape index (κ1) is 13.3. The maximum Gasteiger partial charge on any atom is 0.407 e. The molecule has 1 aliphatic rings. The van der Waals surface area contributed by atoms with Crippen LogP contribution in [0.3, 0.4) is 0 Å². The van der Waals surface area contributed by atoms with Crippen LogP contribution in [-0.2, 0) is 4.74 Å². The van der Waals surface area contributed by atoms with Gasteiger partial charge in [-0.3, -0.25) is 5.32 Å². The molecule has 2 atom stereocenters. The molecule has 1 fully saturated rings. The molecule has 0 bridgehead atoms. The molecule has 0 unspecified atom stereocenters. The second-order valence-corrected chi connectivity index (χ2v) is 4.25. The van der Waals surface area contributed by atoms with Crippen LogP contribution in [0.2, 0.25) is 0 Å². The Balaban J connectivity index is 2.16. The highest BCUT2D eigenvalue weighted by Gasteiger charge is 2.42. The summed E-state index contributed by atoms with van der Waals surface area (Å²) < 4.78 is 56.7. The average Bonchev–Trinajstić information content (AvgIpc) is 2.79. The molecule has 0 aromatic heterocycles. The van der Waals surface area contributed by atoms with Crippen molar-refractivity contribution in [2.45, 2.75) is 24.7 Å². The monoisotopic (exact) mass is 263 g/mol. The zero-order chi connectivity index (χ0) is 13.2. The Morgan fingerprint density at radius 1 is 1.22 bits per heavy atom. The van der Waals surface area contributed by atoms with Crippen LogP contribution in [0.5, 0.6) is 0 Å². The molecular formula is C12H13F4NO. The first-order valence-corrected chi connectivity index (χ1v) is 5.63. The molecule has 1 heterocycles. The van der Waals surface area contributed by atoms with Crippen LogP contribution in [0.4, 0.5) is 17.6 Å². The third kappa shape index (κ3) is 3.20. The van der Waals surface area contributed by atoms with Gasteiger partial charge in [-0.2, -0.15) is 13.2 Å². The number of halogens is 4. The number of alkyl halides is 3. The van der Waals surface area contributed by atoms with Crippen molar-refractivity contribution in [1.82, 2.24) is 5.32 Å². The number of hydrogen-bond acceptors (Lipinski definition) is 2. The smallest absolute Gasteiger partial charge is 0.380 e. The zero-order valence-electron chi connectivity index (χ0n) is 9.51. The van der Waals surface area contributed by atoms with Gasteiger partial charge in [0.15, 0.2) is 0 Å². The molecular weight excluding hydrogens is 250 g/mol. The van der Waals surface area contributed by atoms with E-state index in [4.69, 9.17) is 4.74 Å². The van der Waals surface area contributed by atoms with Gasteiger partial charge in [0.25, 0.3) is 0 Å². The van der Waals surface area contributed by atoms with E-state index in [1.54, 1.807) is 0 Å². The van der Waals surface area contributed by atoms with E-state index < -0.39 is 18.0 Å². The van der Waals surface area contributed by atoms with Crippen molar-refractivity contribution < 1.29 is 22.3 Å². The predicted molar refractivity (Wildman–Crippen MR) is 57.6 cm³/mol. The van der Waals surface area contributed by atoms with Gasteiger partial charge in [0.1, 0.15) is 11.9 Å². The van der Waals surface area contributed by atoms with Crippen molar-refractivity contribution >= 4 is 0 Å². The highest BCUT2D eigenvalue weighted by molar-refractivity contribution is 5.21. The summed E-state index contributed by atoms with van der Waals surface area (Å²) in [5.74, 6) is -0.552. The van der Waals surface area contributed by atoms with E-state index in [9.17, 15) is 17.6 Å². The van der Waals surface area contributed by atoms with Crippen LogP contribution in [0.1, 0.15) is 18.0 Å². The standard InChI is InChI=1S/C12H13F4NO/c13-9-3-1-8(2-4-9)11(12(14,15)16)17-10-5-6-18-7-10/h1-4,10-11,17H,5-7H2/t10-,11+/m0/s1. The third-order valence-electron chi connectivity index (χ3n) is 2.86. The Bertz CT molecular complexity index is 384. The molecule has 6 heteroatoms. The van der Waals surface area contributed by atoms with Crippen LogP contribution in [0, 0.1) is 5.82 Å².